The smallest absolute Gasteiger partial charge is 0.303 e. The third-order valence-corrected chi connectivity index (χ3v) is 4.18. The molecule has 0 aromatic rings. The fourth-order valence-electron chi connectivity index (χ4n) is 2.85. The first-order valence-electron chi connectivity index (χ1n) is 8.26. The highest BCUT2D eigenvalue weighted by Crippen LogP contribution is 2.30. The quantitative estimate of drug-likeness (QED) is 0.423. The molecule has 0 heterocycles. The number of carboxylic acid groups (broad SMARTS) is 1. The van der Waals surface area contributed by atoms with Crippen LogP contribution in [0.4, 0.5) is 0 Å². The van der Waals surface area contributed by atoms with Crippen LogP contribution in [0.3, 0.4) is 0 Å². The minimum Gasteiger partial charge on any atom is -0.481 e. The maximum Gasteiger partial charge on any atom is 0.303 e. The molecular formula is C18H30O2. The highest BCUT2D eigenvalue weighted by Gasteiger charge is 2.14. The lowest BCUT2D eigenvalue weighted by atomic mass is 10.0. The van der Waals surface area contributed by atoms with Gasteiger partial charge in [0.1, 0.15) is 0 Å². The SMILES string of the molecule is CC1CCC/C1=C\C/C=C/CCCCCCCC(=O)O. The zero-order valence-corrected chi connectivity index (χ0v) is 12.9. The first-order valence-corrected chi connectivity index (χ1v) is 8.26. The lowest BCUT2D eigenvalue weighted by Crippen LogP contribution is -1.93. The van der Waals surface area contributed by atoms with Crippen molar-refractivity contribution in [2.45, 2.75) is 77.6 Å². The predicted molar refractivity (Wildman–Crippen MR) is 84.8 cm³/mol. The summed E-state index contributed by atoms with van der Waals surface area (Å²) in [5.74, 6) is 0.146. The highest BCUT2D eigenvalue weighted by atomic mass is 16.4. The zero-order chi connectivity index (χ0) is 14.6. The van der Waals surface area contributed by atoms with Gasteiger partial charge < -0.3 is 5.11 Å². The lowest BCUT2D eigenvalue weighted by Gasteiger charge is -2.02. The van der Waals surface area contributed by atoms with Crippen LogP contribution in [0.1, 0.15) is 77.6 Å². The van der Waals surface area contributed by atoms with E-state index in [1.807, 2.05) is 0 Å². The maximum absolute atomic E-state index is 10.3. The van der Waals surface area contributed by atoms with E-state index in [-0.39, 0.29) is 0 Å². The van der Waals surface area contributed by atoms with E-state index in [4.69, 9.17) is 5.11 Å². The fraction of sp³-hybridized carbons (Fsp3) is 0.722. The Labute approximate surface area is 124 Å². The Kier molecular flexibility index (Phi) is 9.10. The average molecular weight is 278 g/mol. The highest BCUT2D eigenvalue weighted by molar-refractivity contribution is 5.66. The number of carbonyl (C=O) groups is 1. The normalized spacial score (nSPS) is 21.1. The molecule has 0 radical (unpaired) electrons. The molecule has 0 spiro atoms. The van der Waals surface area contributed by atoms with Crippen LogP contribution in [-0.4, -0.2) is 11.1 Å². The van der Waals surface area contributed by atoms with E-state index in [9.17, 15) is 4.79 Å². The Bertz CT molecular complexity index is 328. The Balaban J connectivity index is 1.91. The zero-order valence-electron chi connectivity index (χ0n) is 12.9. The number of unbranched alkanes of at least 4 members (excludes halogenated alkanes) is 5. The molecular weight excluding hydrogens is 248 g/mol. The molecule has 1 unspecified atom stereocenters. The van der Waals surface area contributed by atoms with Crippen LogP contribution < -0.4 is 0 Å². The predicted octanol–water partition coefficient (Wildman–Crippen LogP) is 5.49. The van der Waals surface area contributed by atoms with Crippen LogP contribution in [0.2, 0.25) is 0 Å². The van der Waals surface area contributed by atoms with E-state index in [1.165, 1.54) is 38.5 Å². The summed E-state index contributed by atoms with van der Waals surface area (Å²) in [5, 5.41) is 8.52. The number of rotatable bonds is 10. The second-order valence-electron chi connectivity index (χ2n) is 5.98. The Morgan fingerprint density at radius 3 is 2.65 bits per heavy atom. The third kappa shape index (κ3) is 8.19. The third-order valence-electron chi connectivity index (χ3n) is 4.18. The molecule has 1 rings (SSSR count). The van der Waals surface area contributed by atoms with Crippen molar-refractivity contribution < 1.29 is 9.90 Å². The van der Waals surface area contributed by atoms with E-state index < -0.39 is 5.97 Å². The summed E-state index contributed by atoms with van der Waals surface area (Å²) < 4.78 is 0. The molecule has 0 bridgehead atoms. The summed E-state index contributed by atoms with van der Waals surface area (Å²) >= 11 is 0. The summed E-state index contributed by atoms with van der Waals surface area (Å²) in [6, 6.07) is 0. The molecule has 2 heteroatoms. The van der Waals surface area contributed by atoms with Crippen molar-refractivity contribution in [3.63, 3.8) is 0 Å². The molecule has 1 aliphatic rings. The van der Waals surface area contributed by atoms with Crippen LogP contribution in [0.5, 0.6) is 0 Å². The Morgan fingerprint density at radius 2 is 1.95 bits per heavy atom. The van der Waals surface area contributed by atoms with Crippen molar-refractivity contribution in [3.8, 4) is 0 Å². The number of hydrogen-bond acceptors (Lipinski definition) is 1. The minimum absolute atomic E-state index is 0.326. The summed E-state index contributed by atoms with van der Waals surface area (Å²) in [7, 11) is 0. The topological polar surface area (TPSA) is 37.3 Å². The van der Waals surface area contributed by atoms with Gasteiger partial charge in [-0.2, -0.15) is 0 Å². The van der Waals surface area contributed by atoms with E-state index >= 15 is 0 Å². The van der Waals surface area contributed by atoms with Gasteiger partial charge in [0, 0.05) is 6.42 Å². The number of allylic oxidation sites excluding steroid dienone is 4. The van der Waals surface area contributed by atoms with Gasteiger partial charge in [0.15, 0.2) is 0 Å². The van der Waals surface area contributed by atoms with Crippen LogP contribution in [0.25, 0.3) is 0 Å². The molecule has 0 aliphatic heterocycles. The number of aliphatic carboxylic acids is 1. The molecule has 20 heavy (non-hydrogen) atoms. The van der Waals surface area contributed by atoms with Crippen LogP contribution >= 0.6 is 0 Å². The van der Waals surface area contributed by atoms with E-state index in [0.717, 1.165) is 31.6 Å². The maximum atomic E-state index is 10.3. The Hall–Kier alpha value is -1.05. The molecule has 1 atom stereocenters. The van der Waals surface area contributed by atoms with E-state index in [1.54, 1.807) is 5.57 Å². The second kappa shape index (κ2) is 10.7. The molecule has 1 aliphatic carbocycles. The van der Waals surface area contributed by atoms with Crippen molar-refractivity contribution in [2.75, 3.05) is 0 Å². The molecule has 0 amide bonds. The minimum atomic E-state index is -0.668. The molecule has 1 fully saturated rings. The summed E-state index contributed by atoms with van der Waals surface area (Å²) in [6.07, 6.45) is 19.2. The van der Waals surface area contributed by atoms with Crippen molar-refractivity contribution in [2.24, 2.45) is 5.92 Å². The molecule has 0 aromatic heterocycles. The van der Waals surface area contributed by atoms with Crippen molar-refractivity contribution >= 4 is 5.97 Å². The van der Waals surface area contributed by atoms with Gasteiger partial charge in [-0.15, -0.1) is 0 Å². The van der Waals surface area contributed by atoms with Crippen molar-refractivity contribution in [1.82, 2.24) is 0 Å². The van der Waals surface area contributed by atoms with Crippen LogP contribution in [0.15, 0.2) is 23.8 Å². The van der Waals surface area contributed by atoms with Gasteiger partial charge in [-0.1, -0.05) is 50.0 Å². The molecule has 114 valence electrons. The van der Waals surface area contributed by atoms with Gasteiger partial charge in [-0.25, -0.2) is 0 Å². The van der Waals surface area contributed by atoms with Gasteiger partial charge in [-0.05, 0) is 50.9 Å². The molecule has 2 nitrogen and oxygen atoms in total. The van der Waals surface area contributed by atoms with Gasteiger partial charge >= 0.3 is 5.97 Å². The lowest BCUT2D eigenvalue weighted by molar-refractivity contribution is -0.137. The van der Waals surface area contributed by atoms with Crippen LogP contribution in [-0.2, 0) is 4.79 Å². The van der Waals surface area contributed by atoms with Crippen molar-refractivity contribution in [3.05, 3.63) is 23.8 Å². The van der Waals surface area contributed by atoms with Crippen LogP contribution in [0, 0.1) is 5.92 Å². The first-order chi connectivity index (χ1) is 9.70. The van der Waals surface area contributed by atoms with Gasteiger partial charge in [0.2, 0.25) is 0 Å². The van der Waals surface area contributed by atoms with E-state index in [2.05, 4.69) is 25.2 Å². The fourth-order valence-corrected chi connectivity index (χ4v) is 2.85. The first kappa shape index (κ1) is 17.0. The second-order valence-corrected chi connectivity index (χ2v) is 5.98. The summed E-state index contributed by atoms with van der Waals surface area (Å²) in [6.45, 7) is 2.34. The van der Waals surface area contributed by atoms with Crippen molar-refractivity contribution in [1.29, 1.82) is 0 Å². The molecule has 0 aromatic carbocycles. The Morgan fingerprint density at radius 1 is 1.20 bits per heavy atom. The standard InChI is InChI=1S/C18H30O2/c1-16-12-11-14-17(16)13-9-7-5-3-2-4-6-8-10-15-18(19)20/h5,7,13,16H,2-4,6,8-12,14-15H2,1H3,(H,19,20)/b7-5+,17-13+. The molecule has 1 N–H and O–H groups in total. The number of hydrogen-bond donors (Lipinski definition) is 1. The molecule has 0 saturated heterocycles. The largest absolute Gasteiger partial charge is 0.481 e. The average Bonchev–Trinajstić information content (AvgIpc) is 2.81. The monoisotopic (exact) mass is 278 g/mol. The van der Waals surface area contributed by atoms with E-state index in [0.29, 0.717) is 6.42 Å². The molecule has 1 saturated carbocycles. The van der Waals surface area contributed by atoms with Gasteiger partial charge in [0.05, 0.1) is 0 Å². The summed E-state index contributed by atoms with van der Waals surface area (Å²) in [4.78, 5) is 10.3. The number of carboxylic acids is 1. The summed E-state index contributed by atoms with van der Waals surface area (Å²) in [5.41, 5.74) is 1.66. The van der Waals surface area contributed by atoms with Gasteiger partial charge in [0.25, 0.3) is 0 Å². The van der Waals surface area contributed by atoms with Gasteiger partial charge in [-0.3, -0.25) is 4.79 Å².